The molecule has 94 valence electrons. The van der Waals surface area contributed by atoms with E-state index in [1.165, 1.54) is 0 Å². The molecule has 0 aliphatic carbocycles. The predicted molar refractivity (Wildman–Crippen MR) is 68.1 cm³/mol. The first-order chi connectivity index (χ1) is 7.99. The first kappa shape index (κ1) is 13.7. The van der Waals surface area contributed by atoms with E-state index in [0.29, 0.717) is 0 Å². The van der Waals surface area contributed by atoms with E-state index in [2.05, 4.69) is 5.32 Å². The molecule has 0 spiro atoms. The van der Waals surface area contributed by atoms with E-state index in [4.69, 9.17) is 0 Å². The van der Waals surface area contributed by atoms with Crippen LogP contribution in [0.1, 0.15) is 17.2 Å². The summed E-state index contributed by atoms with van der Waals surface area (Å²) < 4.78 is 0. The molecule has 0 bridgehead atoms. The largest absolute Gasteiger partial charge is 0.480 e. The molecule has 0 aliphatic rings. The third-order valence-corrected chi connectivity index (χ3v) is 2.96. The van der Waals surface area contributed by atoms with Gasteiger partial charge in [-0.2, -0.15) is 0 Å². The zero-order chi connectivity index (χ0) is 13.0. The number of carbonyl (C=O) groups is 1. The van der Waals surface area contributed by atoms with Gasteiger partial charge in [-0.25, -0.2) is 0 Å². The number of aryl methyl sites for hydroxylation is 1. The van der Waals surface area contributed by atoms with Gasteiger partial charge in [0.25, 0.3) is 0 Å². The van der Waals surface area contributed by atoms with Gasteiger partial charge in [-0.05, 0) is 39.2 Å². The molecule has 0 fully saturated rings. The molecule has 0 heterocycles. The summed E-state index contributed by atoms with van der Waals surface area (Å²) >= 11 is 0. The van der Waals surface area contributed by atoms with Gasteiger partial charge < -0.3 is 15.3 Å². The van der Waals surface area contributed by atoms with E-state index >= 15 is 0 Å². The van der Waals surface area contributed by atoms with Crippen LogP contribution >= 0.6 is 0 Å². The first-order valence-corrected chi connectivity index (χ1v) is 5.61. The quantitative estimate of drug-likeness (QED) is 0.808. The highest BCUT2D eigenvalue weighted by Crippen LogP contribution is 2.25. The summed E-state index contributed by atoms with van der Waals surface area (Å²) in [5.41, 5.74) is 2.15. The van der Waals surface area contributed by atoms with Gasteiger partial charge >= 0.3 is 5.97 Å². The van der Waals surface area contributed by atoms with Crippen LogP contribution in [0, 0.1) is 6.92 Å². The fraction of sp³-hybridized carbons (Fsp3) is 0.462. The molecular formula is C13H20N2O2. The second kappa shape index (κ2) is 5.80. The van der Waals surface area contributed by atoms with Crippen LogP contribution in [0.4, 0.5) is 0 Å². The summed E-state index contributed by atoms with van der Waals surface area (Å²) in [7, 11) is 5.46. The van der Waals surface area contributed by atoms with Crippen molar-refractivity contribution in [1.29, 1.82) is 0 Å². The number of carboxylic acids is 1. The summed E-state index contributed by atoms with van der Waals surface area (Å²) in [5.74, 6) is -0.838. The van der Waals surface area contributed by atoms with Crippen molar-refractivity contribution in [2.45, 2.75) is 19.0 Å². The number of carboxylic acid groups (broad SMARTS) is 1. The van der Waals surface area contributed by atoms with Crippen molar-refractivity contribution in [2.24, 2.45) is 0 Å². The van der Waals surface area contributed by atoms with Gasteiger partial charge in [0.05, 0.1) is 6.04 Å². The number of hydrogen-bond donors (Lipinski definition) is 2. The van der Waals surface area contributed by atoms with Crippen molar-refractivity contribution < 1.29 is 9.90 Å². The van der Waals surface area contributed by atoms with E-state index < -0.39 is 12.0 Å². The number of benzene rings is 1. The van der Waals surface area contributed by atoms with Crippen molar-refractivity contribution in [1.82, 2.24) is 10.2 Å². The summed E-state index contributed by atoms with van der Waals surface area (Å²) in [6.07, 6.45) is 0. The van der Waals surface area contributed by atoms with E-state index in [-0.39, 0.29) is 6.04 Å². The van der Waals surface area contributed by atoms with Gasteiger partial charge in [-0.15, -0.1) is 0 Å². The molecule has 4 heteroatoms. The Bertz CT molecular complexity index is 391. The summed E-state index contributed by atoms with van der Waals surface area (Å²) in [6.45, 7) is 2.00. The van der Waals surface area contributed by atoms with Crippen LogP contribution in [-0.2, 0) is 4.79 Å². The summed E-state index contributed by atoms with van der Waals surface area (Å²) in [6, 6.07) is 7.08. The van der Waals surface area contributed by atoms with Gasteiger partial charge in [0.2, 0.25) is 0 Å². The molecular weight excluding hydrogens is 216 g/mol. The molecule has 0 saturated heterocycles. The molecule has 0 aromatic heterocycles. The molecule has 2 atom stereocenters. The Morgan fingerprint density at radius 2 is 1.94 bits per heavy atom. The van der Waals surface area contributed by atoms with Gasteiger partial charge in [-0.1, -0.05) is 24.3 Å². The highest BCUT2D eigenvalue weighted by molar-refractivity contribution is 5.75. The van der Waals surface area contributed by atoms with Crippen LogP contribution in [0.15, 0.2) is 24.3 Å². The second-order valence-corrected chi connectivity index (χ2v) is 4.37. The predicted octanol–water partition coefficient (Wildman–Crippen LogP) is 1.27. The van der Waals surface area contributed by atoms with Crippen molar-refractivity contribution >= 4 is 5.97 Å². The molecule has 0 saturated carbocycles. The Kier molecular flexibility index (Phi) is 4.66. The SMILES string of the molecule is CNC(C(=O)O)C(c1ccccc1C)N(C)C. The monoisotopic (exact) mass is 236 g/mol. The zero-order valence-corrected chi connectivity index (χ0v) is 10.8. The number of hydrogen-bond acceptors (Lipinski definition) is 3. The third-order valence-electron chi connectivity index (χ3n) is 2.96. The Morgan fingerprint density at radius 3 is 2.35 bits per heavy atom. The lowest BCUT2D eigenvalue weighted by Gasteiger charge is -2.31. The standard InChI is InChI=1S/C13H20N2O2/c1-9-7-5-6-8-10(9)12(15(3)4)11(14-2)13(16)17/h5-8,11-12,14H,1-4H3,(H,16,17). The summed E-state index contributed by atoms with van der Waals surface area (Å²) in [4.78, 5) is 13.2. The molecule has 17 heavy (non-hydrogen) atoms. The van der Waals surface area contributed by atoms with Crippen LogP contribution in [0.5, 0.6) is 0 Å². The maximum absolute atomic E-state index is 11.3. The van der Waals surface area contributed by atoms with Crippen LogP contribution in [0.2, 0.25) is 0 Å². The van der Waals surface area contributed by atoms with Crippen molar-refractivity contribution in [3.05, 3.63) is 35.4 Å². The van der Waals surface area contributed by atoms with Gasteiger partial charge in [0.15, 0.2) is 0 Å². The topological polar surface area (TPSA) is 52.6 Å². The van der Waals surface area contributed by atoms with Gasteiger partial charge in [0, 0.05) is 0 Å². The smallest absolute Gasteiger partial charge is 0.322 e. The Balaban J connectivity index is 3.18. The van der Waals surface area contributed by atoms with E-state index in [0.717, 1.165) is 11.1 Å². The highest BCUT2D eigenvalue weighted by atomic mass is 16.4. The Labute approximate surface area is 102 Å². The highest BCUT2D eigenvalue weighted by Gasteiger charge is 2.30. The number of nitrogens with one attached hydrogen (secondary N) is 1. The maximum Gasteiger partial charge on any atom is 0.322 e. The van der Waals surface area contributed by atoms with E-state index in [1.807, 2.05) is 50.2 Å². The number of nitrogens with zero attached hydrogens (tertiary/aromatic N) is 1. The van der Waals surface area contributed by atoms with Crippen LogP contribution < -0.4 is 5.32 Å². The average molecular weight is 236 g/mol. The minimum atomic E-state index is -0.838. The second-order valence-electron chi connectivity index (χ2n) is 4.37. The number of aliphatic carboxylic acids is 1. The molecule has 1 rings (SSSR count). The number of rotatable bonds is 5. The lowest BCUT2D eigenvalue weighted by molar-refractivity contribution is -0.141. The fourth-order valence-electron chi connectivity index (χ4n) is 2.09. The van der Waals surface area contributed by atoms with Crippen molar-refractivity contribution in [3.8, 4) is 0 Å². The minimum Gasteiger partial charge on any atom is -0.480 e. The van der Waals surface area contributed by atoms with Crippen LogP contribution in [0.3, 0.4) is 0 Å². The van der Waals surface area contributed by atoms with Crippen LogP contribution in [-0.4, -0.2) is 43.2 Å². The Hall–Kier alpha value is -1.39. The van der Waals surface area contributed by atoms with Gasteiger partial charge in [0.1, 0.15) is 6.04 Å². The maximum atomic E-state index is 11.3. The third kappa shape index (κ3) is 3.05. The van der Waals surface area contributed by atoms with Crippen molar-refractivity contribution in [3.63, 3.8) is 0 Å². The lowest BCUT2D eigenvalue weighted by atomic mass is 9.94. The average Bonchev–Trinajstić information content (AvgIpc) is 2.26. The molecule has 4 nitrogen and oxygen atoms in total. The molecule has 2 unspecified atom stereocenters. The van der Waals surface area contributed by atoms with E-state index in [9.17, 15) is 9.90 Å². The molecule has 0 amide bonds. The molecule has 1 aromatic carbocycles. The lowest BCUT2D eigenvalue weighted by Crippen LogP contribution is -2.45. The first-order valence-electron chi connectivity index (χ1n) is 5.61. The normalized spacial score (nSPS) is 14.6. The summed E-state index contributed by atoms with van der Waals surface area (Å²) in [5, 5.41) is 12.1. The van der Waals surface area contributed by atoms with Crippen molar-refractivity contribution in [2.75, 3.05) is 21.1 Å². The fourth-order valence-corrected chi connectivity index (χ4v) is 2.09. The van der Waals surface area contributed by atoms with Crippen LogP contribution in [0.25, 0.3) is 0 Å². The zero-order valence-electron chi connectivity index (χ0n) is 10.8. The minimum absolute atomic E-state index is 0.182. The Morgan fingerprint density at radius 1 is 1.35 bits per heavy atom. The molecule has 2 N–H and O–H groups in total. The van der Waals surface area contributed by atoms with Gasteiger partial charge in [-0.3, -0.25) is 4.79 Å². The molecule has 0 aliphatic heterocycles. The molecule has 1 aromatic rings. The van der Waals surface area contributed by atoms with E-state index in [1.54, 1.807) is 7.05 Å². The number of likely N-dealkylation sites (N-methyl/N-ethyl adjacent to an activating group) is 2. The molecule has 0 radical (unpaired) electrons.